The molecule has 0 atom stereocenters. The molecule has 0 aliphatic heterocycles. The van der Waals surface area contributed by atoms with E-state index >= 15 is 0 Å². The molecule has 0 unspecified atom stereocenters. The van der Waals surface area contributed by atoms with Gasteiger partial charge in [-0.3, -0.25) is 0 Å². The molecule has 0 heterocycles. The lowest BCUT2D eigenvalue weighted by atomic mass is 10.1. The number of allylic oxidation sites excluding steroid dienone is 5. The molecule has 0 aromatic rings. The van der Waals surface area contributed by atoms with E-state index in [-0.39, 0.29) is 5.92 Å². The predicted molar refractivity (Wildman–Crippen MR) is 55.8 cm³/mol. The fourth-order valence-electron chi connectivity index (χ4n) is 1.00. The van der Waals surface area contributed by atoms with E-state index in [4.69, 9.17) is 46.4 Å². The van der Waals surface area contributed by atoms with E-state index in [9.17, 15) is 0 Å². The minimum absolute atomic E-state index is 0.0918. The monoisotopic (exact) mass is 242 g/mol. The molecule has 0 bridgehead atoms. The van der Waals surface area contributed by atoms with Crippen molar-refractivity contribution in [1.82, 2.24) is 0 Å². The van der Waals surface area contributed by atoms with Gasteiger partial charge in [-0.25, -0.2) is 0 Å². The average Bonchev–Trinajstić information content (AvgIpc) is 2.23. The van der Waals surface area contributed by atoms with Gasteiger partial charge < -0.3 is 0 Å². The van der Waals surface area contributed by atoms with Crippen LogP contribution in [0.25, 0.3) is 0 Å². The Morgan fingerprint density at radius 3 is 1.83 bits per heavy atom. The molecule has 12 heavy (non-hydrogen) atoms. The molecule has 66 valence electrons. The quantitative estimate of drug-likeness (QED) is 0.624. The van der Waals surface area contributed by atoms with E-state index < -0.39 is 0 Å². The third-order valence-corrected chi connectivity index (χ3v) is 3.61. The summed E-state index contributed by atoms with van der Waals surface area (Å²) in [5.74, 6) is -0.0918. The summed E-state index contributed by atoms with van der Waals surface area (Å²) in [5.41, 5.74) is 0. The Morgan fingerprint density at radius 1 is 1.08 bits per heavy atom. The second kappa shape index (κ2) is 4.06. The Morgan fingerprint density at radius 2 is 1.50 bits per heavy atom. The van der Waals surface area contributed by atoms with Gasteiger partial charge in [0.05, 0.1) is 10.1 Å². The van der Waals surface area contributed by atoms with E-state index in [1.807, 2.05) is 0 Å². The van der Waals surface area contributed by atoms with E-state index in [0.717, 1.165) is 0 Å². The molecular formula is C8H6Cl4. The summed E-state index contributed by atoms with van der Waals surface area (Å²) in [7, 11) is 0. The van der Waals surface area contributed by atoms with Gasteiger partial charge in [-0.05, 0) is 6.42 Å². The first-order valence-corrected chi connectivity index (χ1v) is 4.82. The first-order chi connectivity index (χ1) is 5.59. The largest absolute Gasteiger partial charge is 0.103 e. The van der Waals surface area contributed by atoms with Crippen molar-refractivity contribution in [2.45, 2.75) is 6.42 Å². The number of halogens is 4. The molecule has 1 aliphatic rings. The fraction of sp³-hybridized carbons (Fsp3) is 0.250. The van der Waals surface area contributed by atoms with Gasteiger partial charge in [0.25, 0.3) is 0 Å². The van der Waals surface area contributed by atoms with Crippen LogP contribution in [0, 0.1) is 5.92 Å². The molecule has 0 nitrogen and oxygen atoms in total. The van der Waals surface area contributed by atoms with Crippen LogP contribution >= 0.6 is 46.4 Å². The van der Waals surface area contributed by atoms with Crippen molar-refractivity contribution in [2.24, 2.45) is 5.92 Å². The van der Waals surface area contributed by atoms with Gasteiger partial charge in [-0.15, -0.1) is 6.58 Å². The van der Waals surface area contributed by atoms with Crippen LogP contribution in [-0.4, -0.2) is 0 Å². The van der Waals surface area contributed by atoms with Crippen LogP contribution in [0.3, 0.4) is 0 Å². The highest BCUT2D eigenvalue weighted by molar-refractivity contribution is 6.53. The van der Waals surface area contributed by atoms with Crippen LogP contribution in [0.5, 0.6) is 0 Å². The normalized spacial score (nSPS) is 19.3. The summed E-state index contributed by atoms with van der Waals surface area (Å²) in [5, 5.41) is 1.73. The average molecular weight is 244 g/mol. The van der Waals surface area contributed by atoms with Crippen molar-refractivity contribution < 1.29 is 0 Å². The second-order valence-electron chi connectivity index (χ2n) is 2.40. The zero-order valence-electron chi connectivity index (χ0n) is 6.08. The van der Waals surface area contributed by atoms with Gasteiger partial charge in [0.2, 0.25) is 0 Å². The molecule has 0 saturated heterocycles. The lowest BCUT2D eigenvalue weighted by molar-refractivity contribution is 0.813. The van der Waals surface area contributed by atoms with Crippen LogP contribution < -0.4 is 0 Å². The lowest BCUT2D eigenvalue weighted by Gasteiger charge is -2.06. The number of hydrogen-bond acceptors (Lipinski definition) is 0. The molecule has 1 aliphatic carbocycles. The summed E-state index contributed by atoms with van der Waals surface area (Å²) >= 11 is 23.3. The zero-order chi connectivity index (χ0) is 9.30. The van der Waals surface area contributed by atoms with Crippen molar-refractivity contribution in [3.63, 3.8) is 0 Å². The molecule has 1 rings (SSSR count). The summed E-state index contributed by atoms with van der Waals surface area (Å²) in [6, 6.07) is 0. The van der Waals surface area contributed by atoms with Gasteiger partial charge in [0.15, 0.2) is 0 Å². The van der Waals surface area contributed by atoms with Gasteiger partial charge in [0.1, 0.15) is 0 Å². The van der Waals surface area contributed by atoms with Crippen molar-refractivity contribution in [3.05, 3.63) is 32.8 Å². The maximum absolute atomic E-state index is 5.89. The van der Waals surface area contributed by atoms with E-state index in [1.165, 1.54) is 0 Å². The minimum Gasteiger partial charge on any atom is -0.103 e. The maximum Gasteiger partial charge on any atom is 0.0756 e. The Kier molecular flexibility index (Phi) is 3.54. The summed E-state index contributed by atoms with van der Waals surface area (Å²) in [6.45, 7) is 3.59. The molecule has 0 aromatic heterocycles. The van der Waals surface area contributed by atoms with Crippen LogP contribution in [-0.2, 0) is 0 Å². The first kappa shape index (κ1) is 10.5. The highest BCUT2D eigenvalue weighted by Crippen LogP contribution is 2.46. The van der Waals surface area contributed by atoms with Gasteiger partial charge in [-0.1, -0.05) is 52.5 Å². The Bertz CT molecular complexity index is 251. The lowest BCUT2D eigenvalue weighted by Crippen LogP contribution is -1.94. The van der Waals surface area contributed by atoms with Crippen LogP contribution in [0.1, 0.15) is 6.42 Å². The maximum atomic E-state index is 5.89. The van der Waals surface area contributed by atoms with Crippen molar-refractivity contribution in [1.29, 1.82) is 0 Å². The van der Waals surface area contributed by atoms with E-state index in [1.54, 1.807) is 6.08 Å². The SMILES string of the molecule is C=CCC1C(Cl)=C(Cl)C(Cl)=C1Cl. The van der Waals surface area contributed by atoms with Gasteiger partial charge >= 0.3 is 0 Å². The Hall–Kier alpha value is 0.380. The van der Waals surface area contributed by atoms with E-state index in [2.05, 4.69) is 6.58 Å². The van der Waals surface area contributed by atoms with Crippen LogP contribution in [0.4, 0.5) is 0 Å². The smallest absolute Gasteiger partial charge is 0.0756 e. The molecule has 4 heteroatoms. The molecule has 0 saturated carbocycles. The molecular weight excluding hydrogens is 238 g/mol. The molecule has 0 spiro atoms. The minimum atomic E-state index is -0.0918. The first-order valence-electron chi connectivity index (χ1n) is 3.31. The predicted octanol–water partition coefficient (Wildman–Crippen LogP) is 4.57. The zero-order valence-corrected chi connectivity index (χ0v) is 9.10. The molecule has 0 N–H and O–H groups in total. The topological polar surface area (TPSA) is 0 Å². The summed E-state index contributed by atoms with van der Waals surface area (Å²) < 4.78 is 0. The summed E-state index contributed by atoms with van der Waals surface area (Å²) in [4.78, 5) is 0. The van der Waals surface area contributed by atoms with Crippen molar-refractivity contribution in [3.8, 4) is 0 Å². The highest BCUT2D eigenvalue weighted by atomic mass is 35.5. The highest BCUT2D eigenvalue weighted by Gasteiger charge is 2.29. The van der Waals surface area contributed by atoms with Crippen LogP contribution in [0.15, 0.2) is 32.8 Å². The van der Waals surface area contributed by atoms with Crippen LogP contribution in [0.2, 0.25) is 0 Å². The summed E-state index contributed by atoms with van der Waals surface area (Å²) in [6.07, 6.45) is 2.39. The van der Waals surface area contributed by atoms with Gasteiger partial charge in [0, 0.05) is 16.0 Å². The molecule has 0 amide bonds. The van der Waals surface area contributed by atoms with Crippen molar-refractivity contribution >= 4 is 46.4 Å². The Balaban J connectivity index is 2.99. The third-order valence-electron chi connectivity index (χ3n) is 1.63. The second-order valence-corrected chi connectivity index (χ2v) is 3.97. The Labute approximate surface area is 91.4 Å². The van der Waals surface area contributed by atoms with E-state index in [0.29, 0.717) is 26.5 Å². The molecule has 0 aromatic carbocycles. The number of rotatable bonds is 2. The molecule has 0 radical (unpaired) electrons. The fourth-order valence-corrected chi connectivity index (χ4v) is 2.21. The third kappa shape index (κ3) is 1.67. The van der Waals surface area contributed by atoms with Crippen molar-refractivity contribution in [2.75, 3.05) is 0 Å². The van der Waals surface area contributed by atoms with Gasteiger partial charge in [-0.2, -0.15) is 0 Å². The molecule has 0 fully saturated rings. The standard InChI is InChI=1S/C8H6Cl4/c1-2-3-4-5(9)7(11)8(12)6(4)10/h2,4H,1,3H2. The number of hydrogen-bond donors (Lipinski definition) is 0.